The molecule has 0 aromatic heterocycles. The monoisotopic (exact) mass is 265 g/mol. The predicted octanol–water partition coefficient (Wildman–Crippen LogP) is 3.28. The van der Waals surface area contributed by atoms with E-state index in [4.69, 9.17) is 15.2 Å². The first-order valence-electron chi connectivity index (χ1n) is 7.03. The molecule has 4 heteroatoms. The quantitative estimate of drug-likeness (QED) is 0.835. The molecule has 3 nitrogen and oxygen atoms in total. The van der Waals surface area contributed by atoms with Gasteiger partial charge in [-0.1, -0.05) is 12.8 Å². The van der Waals surface area contributed by atoms with E-state index in [0.29, 0.717) is 11.4 Å². The van der Waals surface area contributed by atoms with Crippen LogP contribution >= 0.6 is 0 Å². The summed E-state index contributed by atoms with van der Waals surface area (Å²) in [7, 11) is 0. The Morgan fingerprint density at radius 1 is 1.32 bits per heavy atom. The van der Waals surface area contributed by atoms with E-state index in [1.54, 1.807) is 6.07 Å². The Morgan fingerprint density at radius 2 is 2.11 bits per heavy atom. The number of rotatable bonds is 2. The molecule has 0 amide bonds. The molecule has 3 rings (SSSR count). The van der Waals surface area contributed by atoms with E-state index in [2.05, 4.69) is 0 Å². The Morgan fingerprint density at radius 3 is 2.89 bits per heavy atom. The average molecular weight is 265 g/mol. The highest BCUT2D eigenvalue weighted by atomic mass is 19.1. The maximum absolute atomic E-state index is 13.2. The molecule has 1 aromatic carbocycles. The van der Waals surface area contributed by atoms with Gasteiger partial charge < -0.3 is 15.2 Å². The molecule has 2 aliphatic rings. The third-order valence-electron chi connectivity index (χ3n) is 4.23. The zero-order valence-electron chi connectivity index (χ0n) is 11.0. The van der Waals surface area contributed by atoms with Crippen LogP contribution in [0, 0.1) is 5.82 Å². The molecule has 1 saturated heterocycles. The standard InChI is InChI=1S/C15H20FNO2/c16-11-3-4-13(17)14(9-11)19-12-5-8-18-15(10-12)6-1-2-7-15/h3-4,9,12H,1-2,5-8,10,17H2. The highest BCUT2D eigenvalue weighted by Gasteiger charge is 2.40. The summed E-state index contributed by atoms with van der Waals surface area (Å²) in [6.45, 7) is 0.722. The summed E-state index contributed by atoms with van der Waals surface area (Å²) in [6.07, 6.45) is 6.51. The number of benzene rings is 1. The molecule has 2 fully saturated rings. The van der Waals surface area contributed by atoms with Crippen molar-refractivity contribution in [2.75, 3.05) is 12.3 Å². The summed E-state index contributed by atoms with van der Waals surface area (Å²) < 4.78 is 25.1. The van der Waals surface area contributed by atoms with Gasteiger partial charge in [0.15, 0.2) is 0 Å². The Bertz CT molecular complexity index is 457. The molecule has 19 heavy (non-hydrogen) atoms. The van der Waals surface area contributed by atoms with Crippen LogP contribution in [0.5, 0.6) is 5.75 Å². The van der Waals surface area contributed by atoms with Crippen molar-refractivity contribution in [2.24, 2.45) is 0 Å². The number of nitrogens with two attached hydrogens (primary N) is 1. The first-order chi connectivity index (χ1) is 9.17. The summed E-state index contributed by atoms with van der Waals surface area (Å²) in [5, 5.41) is 0. The number of ether oxygens (including phenoxy) is 2. The molecule has 0 bridgehead atoms. The molecule has 2 N–H and O–H groups in total. The lowest BCUT2D eigenvalue weighted by atomic mass is 9.90. The van der Waals surface area contributed by atoms with Gasteiger partial charge in [0, 0.05) is 18.9 Å². The molecule has 1 unspecified atom stereocenters. The molecule has 1 aromatic rings. The number of halogens is 1. The Hall–Kier alpha value is -1.29. The first-order valence-corrected chi connectivity index (χ1v) is 7.03. The van der Waals surface area contributed by atoms with E-state index in [-0.39, 0.29) is 17.5 Å². The molecule has 1 atom stereocenters. The minimum Gasteiger partial charge on any atom is -0.488 e. The van der Waals surface area contributed by atoms with Gasteiger partial charge in [0.1, 0.15) is 17.7 Å². The van der Waals surface area contributed by atoms with Gasteiger partial charge in [0.2, 0.25) is 0 Å². The van der Waals surface area contributed by atoms with Gasteiger partial charge in [-0.2, -0.15) is 0 Å². The largest absolute Gasteiger partial charge is 0.488 e. The van der Waals surface area contributed by atoms with Crippen molar-refractivity contribution < 1.29 is 13.9 Å². The molecule has 104 valence electrons. The maximum Gasteiger partial charge on any atom is 0.145 e. The lowest BCUT2D eigenvalue weighted by Crippen LogP contribution is -2.41. The van der Waals surface area contributed by atoms with Crippen LogP contribution < -0.4 is 10.5 Å². The second-order valence-electron chi connectivity index (χ2n) is 5.65. The zero-order chi connectivity index (χ0) is 13.3. The third kappa shape index (κ3) is 2.68. The summed E-state index contributed by atoms with van der Waals surface area (Å²) >= 11 is 0. The van der Waals surface area contributed by atoms with Crippen LogP contribution in [0.1, 0.15) is 38.5 Å². The first kappa shape index (κ1) is 12.7. The topological polar surface area (TPSA) is 44.5 Å². The molecule has 1 aliphatic carbocycles. The van der Waals surface area contributed by atoms with E-state index >= 15 is 0 Å². The van der Waals surface area contributed by atoms with Crippen molar-refractivity contribution in [3.63, 3.8) is 0 Å². The fourth-order valence-electron chi connectivity index (χ4n) is 3.24. The number of hydrogen-bond donors (Lipinski definition) is 1. The summed E-state index contributed by atoms with van der Waals surface area (Å²) in [4.78, 5) is 0. The number of nitrogen functional groups attached to an aromatic ring is 1. The van der Waals surface area contributed by atoms with Gasteiger partial charge in [-0.15, -0.1) is 0 Å². The van der Waals surface area contributed by atoms with Crippen molar-refractivity contribution in [3.05, 3.63) is 24.0 Å². The number of anilines is 1. The smallest absolute Gasteiger partial charge is 0.145 e. The Labute approximate surface area is 112 Å². The van der Waals surface area contributed by atoms with Gasteiger partial charge in [0.05, 0.1) is 17.9 Å². The second-order valence-corrected chi connectivity index (χ2v) is 5.65. The highest BCUT2D eigenvalue weighted by Crippen LogP contribution is 2.41. The third-order valence-corrected chi connectivity index (χ3v) is 4.23. The Kier molecular flexibility index (Phi) is 3.35. The molecule has 0 radical (unpaired) electrons. The average Bonchev–Trinajstić information content (AvgIpc) is 2.82. The van der Waals surface area contributed by atoms with Crippen LogP contribution in [0.25, 0.3) is 0 Å². The minimum absolute atomic E-state index is 0.00496. The SMILES string of the molecule is Nc1ccc(F)cc1OC1CCOC2(CCCC2)C1. The van der Waals surface area contributed by atoms with Crippen LogP contribution in [-0.4, -0.2) is 18.3 Å². The van der Waals surface area contributed by atoms with Crippen LogP contribution in [0.3, 0.4) is 0 Å². The maximum atomic E-state index is 13.2. The van der Waals surface area contributed by atoms with Crippen molar-refractivity contribution in [1.29, 1.82) is 0 Å². The van der Waals surface area contributed by atoms with E-state index in [0.717, 1.165) is 32.3 Å². The highest BCUT2D eigenvalue weighted by molar-refractivity contribution is 5.52. The van der Waals surface area contributed by atoms with Crippen LogP contribution in [0.15, 0.2) is 18.2 Å². The normalized spacial score (nSPS) is 25.6. The van der Waals surface area contributed by atoms with Crippen LogP contribution in [0.4, 0.5) is 10.1 Å². The van der Waals surface area contributed by atoms with Gasteiger partial charge in [-0.05, 0) is 25.0 Å². The molecule has 1 heterocycles. The fourth-order valence-corrected chi connectivity index (χ4v) is 3.24. The molecule has 1 aliphatic heterocycles. The van der Waals surface area contributed by atoms with Crippen molar-refractivity contribution in [3.8, 4) is 5.75 Å². The van der Waals surface area contributed by atoms with E-state index < -0.39 is 0 Å². The minimum atomic E-state index is -0.313. The van der Waals surface area contributed by atoms with Gasteiger partial charge in [-0.25, -0.2) is 4.39 Å². The summed E-state index contributed by atoms with van der Waals surface area (Å²) in [5.41, 5.74) is 6.33. The van der Waals surface area contributed by atoms with Gasteiger partial charge in [-0.3, -0.25) is 0 Å². The Balaban J connectivity index is 1.70. The van der Waals surface area contributed by atoms with Gasteiger partial charge in [0.25, 0.3) is 0 Å². The van der Waals surface area contributed by atoms with Crippen molar-refractivity contribution >= 4 is 5.69 Å². The van der Waals surface area contributed by atoms with Gasteiger partial charge >= 0.3 is 0 Å². The zero-order valence-corrected chi connectivity index (χ0v) is 11.0. The van der Waals surface area contributed by atoms with Crippen LogP contribution in [-0.2, 0) is 4.74 Å². The lowest BCUT2D eigenvalue weighted by Gasteiger charge is -2.38. The molecular formula is C15H20FNO2. The van der Waals surface area contributed by atoms with Crippen molar-refractivity contribution in [1.82, 2.24) is 0 Å². The predicted molar refractivity (Wildman–Crippen MR) is 71.6 cm³/mol. The van der Waals surface area contributed by atoms with E-state index in [1.165, 1.54) is 25.0 Å². The molecule has 1 saturated carbocycles. The van der Waals surface area contributed by atoms with Crippen LogP contribution in [0.2, 0.25) is 0 Å². The summed E-state index contributed by atoms with van der Waals surface area (Å²) in [5.74, 6) is 0.145. The van der Waals surface area contributed by atoms with E-state index in [1.807, 2.05) is 0 Å². The fraction of sp³-hybridized carbons (Fsp3) is 0.600. The summed E-state index contributed by atoms with van der Waals surface area (Å²) in [6, 6.07) is 4.27. The molecular weight excluding hydrogens is 245 g/mol. The second kappa shape index (κ2) is 5.00. The lowest BCUT2D eigenvalue weighted by molar-refractivity contribution is -0.108. The van der Waals surface area contributed by atoms with Crippen molar-refractivity contribution in [2.45, 2.75) is 50.2 Å². The number of hydrogen-bond acceptors (Lipinski definition) is 3. The van der Waals surface area contributed by atoms with E-state index in [9.17, 15) is 4.39 Å². The molecule has 1 spiro atoms.